The molecule has 0 unspecified atom stereocenters. The number of nitro groups is 1. The molecule has 1 aliphatic rings. The van der Waals surface area contributed by atoms with E-state index in [9.17, 15) is 18.5 Å². The fourth-order valence-electron chi connectivity index (χ4n) is 2.39. The Morgan fingerprint density at radius 1 is 1.33 bits per heavy atom. The minimum atomic E-state index is -3.45. The molecule has 1 saturated heterocycles. The fourth-order valence-corrected chi connectivity index (χ4v) is 3.03. The van der Waals surface area contributed by atoms with E-state index in [0.29, 0.717) is 5.69 Å². The third kappa shape index (κ3) is 3.92. The molecule has 0 aromatic heterocycles. The van der Waals surface area contributed by atoms with E-state index < -0.39 is 14.8 Å². The summed E-state index contributed by atoms with van der Waals surface area (Å²) in [7, 11) is -1.41. The van der Waals surface area contributed by atoms with Crippen LogP contribution in [0, 0.1) is 10.1 Å². The maximum Gasteiger partial charge on any atom is 0.293 e. The van der Waals surface area contributed by atoms with Gasteiger partial charge in [0.1, 0.15) is 5.69 Å². The van der Waals surface area contributed by atoms with Gasteiger partial charge in [0.2, 0.25) is 0 Å². The number of sulfone groups is 1. The maximum absolute atomic E-state index is 11.5. The molecule has 1 heterocycles. The number of benzene rings is 1. The number of anilines is 1. The highest BCUT2D eigenvalue weighted by Crippen LogP contribution is 2.29. The zero-order chi connectivity index (χ0) is 15.6. The second-order valence-electron chi connectivity index (χ2n) is 5.43. The van der Waals surface area contributed by atoms with E-state index in [1.807, 2.05) is 7.05 Å². The van der Waals surface area contributed by atoms with Crippen molar-refractivity contribution >= 4 is 21.2 Å². The first-order valence-corrected chi connectivity index (χ1v) is 8.60. The normalized spacial score (nSPS) is 17.6. The average molecular weight is 313 g/mol. The van der Waals surface area contributed by atoms with Crippen molar-refractivity contribution in [3.63, 3.8) is 0 Å². The van der Waals surface area contributed by atoms with Crippen LogP contribution in [0.3, 0.4) is 0 Å². The van der Waals surface area contributed by atoms with Gasteiger partial charge >= 0.3 is 0 Å². The van der Waals surface area contributed by atoms with Gasteiger partial charge in [-0.05, 0) is 45.1 Å². The van der Waals surface area contributed by atoms with Crippen LogP contribution in [0.5, 0.6) is 0 Å². The summed E-state index contributed by atoms with van der Waals surface area (Å²) in [6.45, 7) is 1.87. The first-order chi connectivity index (χ1) is 9.77. The van der Waals surface area contributed by atoms with Crippen LogP contribution in [0.1, 0.15) is 12.8 Å². The van der Waals surface area contributed by atoms with Gasteiger partial charge in [0, 0.05) is 18.4 Å². The lowest BCUT2D eigenvalue weighted by molar-refractivity contribution is -0.384. The number of nitrogens with zero attached hydrogens (tertiary/aromatic N) is 2. The predicted molar refractivity (Wildman–Crippen MR) is 80.3 cm³/mol. The van der Waals surface area contributed by atoms with Crippen LogP contribution in [-0.4, -0.2) is 50.7 Å². The highest BCUT2D eigenvalue weighted by Gasteiger charge is 2.22. The van der Waals surface area contributed by atoms with Crippen molar-refractivity contribution < 1.29 is 13.3 Å². The molecule has 0 radical (unpaired) electrons. The Hall–Kier alpha value is -1.67. The molecule has 2 rings (SSSR count). The molecule has 0 bridgehead atoms. The van der Waals surface area contributed by atoms with Crippen LogP contribution >= 0.6 is 0 Å². The number of hydrogen-bond acceptors (Lipinski definition) is 6. The number of nitrogens with one attached hydrogen (secondary N) is 1. The van der Waals surface area contributed by atoms with Gasteiger partial charge in [-0.1, -0.05) is 0 Å². The Morgan fingerprint density at radius 2 is 1.95 bits per heavy atom. The zero-order valence-corrected chi connectivity index (χ0v) is 12.9. The summed E-state index contributed by atoms with van der Waals surface area (Å²) in [4.78, 5) is 12.8. The van der Waals surface area contributed by atoms with Crippen LogP contribution in [0.25, 0.3) is 0 Å². The number of piperidine rings is 1. The molecule has 1 aromatic rings. The standard InChI is InChI=1S/C13H19N3O4S/c1-15-7-5-10(6-8-15)14-12-4-3-11(21(2,19)20)9-13(12)16(17)18/h3-4,9-10,14H,5-8H2,1-2H3. The van der Waals surface area contributed by atoms with Crippen molar-refractivity contribution in [1.29, 1.82) is 0 Å². The molecule has 1 aromatic carbocycles. The SMILES string of the molecule is CN1CCC(Nc2ccc(S(C)(=O)=O)cc2[N+](=O)[O-])CC1. The number of hydrogen-bond donors (Lipinski definition) is 1. The summed E-state index contributed by atoms with van der Waals surface area (Å²) >= 11 is 0. The zero-order valence-electron chi connectivity index (χ0n) is 12.1. The Morgan fingerprint density at radius 3 is 2.48 bits per heavy atom. The van der Waals surface area contributed by atoms with E-state index in [4.69, 9.17) is 0 Å². The molecular formula is C13H19N3O4S. The molecule has 7 nitrogen and oxygen atoms in total. The predicted octanol–water partition coefficient (Wildman–Crippen LogP) is 1.50. The van der Waals surface area contributed by atoms with Crippen LogP contribution < -0.4 is 5.32 Å². The van der Waals surface area contributed by atoms with Gasteiger partial charge in [0.15, 0.2) is 9.84 Å². The quantitative estimate of drug-likeness (QED) is 0.669. The number of rotatable bonds is 4. The van der Waals surface area contributed by atoms with Gasteiger partial charge in [0.05, 0.1) is 9.82 Å². The maximum atomic E-state index is 11.5. The molecule has 1 aliphatic heterocycles. The van der Waals surface area contributed by atoms with E-state index in [0.717, 1.165) is 38.3 Å². The summed E-state index contributed by atoms with van der Waals surface area (Å²) in [5, 5.41) is 14.3. The Bertz CT molecular complexity index is 637. The molecule has 1 N–H and O–H groups in total. The average Bonchev–Trinajstić information content (AvgIpc) is 2.40. The lowest BCUT2D eigenvalue weighted by atomic mass is 10.1. The van der Waals surface area contributed by atoms with E-state index in [-0.39, 0.29) is 16.6 Å². The van der Waals surface area contributed by atoms with Crippen molar-refractivity contribution in [3.8, 4) is 0 Å². The summed E-state index contributed by atoms with van der Waals surface area (Å²) < 4.78 is 23.0. The minimum absolute atomic E-state index is 0.0388. The van der Waals surface area contributed by atoms with E-state index in [1.165, 1.54) is 12.1 Å². The number of likely N-dealkylation sites (tertiary alicyclic amines) is 1. The van der Waals surface area contributed by atoms with Crippen LogP contribution in [0.15, 0.2) is 23.1 Å². The van der Waals surface area contributed by atoms with Gasteiger partial charge in [-0.15, -0.1) is 0 Å². The van der Waals surface area contributed by atoms with Gasteiger partial charge < -0.3 is 10.2 Å². The highest BCUT2D eigenvalue weighted by molar-refractivity contribution is 7.90. The van der Waals surface area contributed by atoms with Crippen LogP contribution in [0.4, 0.5) is 11.4 Å². The molecule has 0 aliphatic carbocycles. The summed E-state index contributed by atoms with van der Waals surface area (Å²) in [5.41, 5.74) is 0.179. The molecule has 8 heteroatoms. The first-order valence-electron chi connectivity index (χ1n) is 6.71. The van der Waals surface area contributed by atoms with Gasteiger partial charge in [-0.25, -0.2) is 8.42 Å². The van der Waals surface area contributed by atoms with Gasteiger partial charge in [-0.2, -0.15) is 0 Å². The van der Waals surface area contributed by atoms with Crippen molar-refractivity contribution in [2.45, 2.75) is 23.8 Å². The van der Waals surface area contributed by atoms with Crippen molar-refractivity contribution in [2.24, 2.45) is 0 Å². The molecule has 116 valence electrons. The first kappa shape index (κ1) is 15.7. The third-order valence-electron chi connectivity index (χ3n) is 3.67. The Balaban J connectivity index is 2.25. The van der Waals surface area contributed by atoms with Crippen molar-refractivity contribution in [1.82, 2.24) is 4.90 Å². The minimum Gasteiger partial charge on any atom is -0.377 e. The van der Waals surface area contributed by atoms with Crippen molar-refractivity contribution in [3.05, 3.63) is 28.3 Å². The monoisotopic (exact) mass is 313 g/mol. The smallest absolute Gasteiger partial charge is 0.293 e. The lowest BCUT2D eigenvalue weighted by Gasteiger charge is -2.30. The van der Waals surface area contributed by atoms with E-state index in [1.54, 1.807) is 0 Å². The summed E-state index contributed by atoms with van der Waals surface area (Å²) in [6, 6.07) is 4.17. The Labute approximate surface area is 124 Å². The van der Waals surface area contributed by atoms with Gasteiger partial charge in [-0.3, -0.25) is 10.1 Å². The third-order valence-corrected chi connectivity index (χ3v) is 4.78. The Kier molecular flexibility index (Phi) is 4.48. The second kappa shape index (κ2) is 5.98. The van der Waals surface area contributed by atoms with E-state index >= 15 is 0 Å². The molecule has 21 heavy (non-hydrogen) atoms. The fraction of sp³-hybridized carbons (Fsp3) is 0.538. The molecule has 0 atom stereocenters. The van der Waals surface area contributed by atoms with E-state index in [2.05, 4.69) is 10.2 Å². The van der Waals surface area contributed by atoms with Gasteiger partial charge in [0.25, 0.3) is 5.69 Å². The highest BCUT2D eigenvalue weighted by atomic mass is 32.2. The summed E-state index contributed by atoms with van der Waals surface area (Å²) in [6.07, 6.45) is 2.85. The van der Waals surface area contributed by atoms with Crippen LogP contribution in [-0.2, 0) is 9.84 Å². The molecule has 1 fully saturated rings. The topological polar surface area (TPSA) is 92.6 Å². The molecule has 0 amide bonds. The summed E-state index contributed by atoms with van der Waals surface area (Å²) in [5.74, 6) is 0. The van der Waals surface area contributed by atoms with Crippen LogP contribution in [0.2, 0.25) is 0 Å². The molecule has 0 saturated carbocycles. The molecule has 0 spiro atoms. The lowest BCUT2D eigenvalue weighted by Crippen LogP contribution is -2.36. The number of nitro benzene ring substituents is 1. The van der Waals surface area contributed by atoms with Crippen molar-refractivity contribution in [2.75, 3.05) is 31.7 Å². The molecular weight excluding hydrogens is 294 g/mol. The second-order valence-corrected chi connectivity index (χ2v) is 7.45. The largest absolute Gasteiger partial charge is 0.377 e.